The van der Waals surface area contributed by atoms with E-state index in [0.717, 1.165) is 12.1 Å². The van der Waals surface area contributed by atoms with Crippen LogP contribution in [0.25, 0.3) is 11.3 Å². The lowest BCUT2D eigenvalue weighted by Crippen LogP contribution is -2.17. The minimum absolute atomic E-state index is 0.158. The van der Waals surface area contributed by atoms with Crippen LogP contribution in [0.2, 0.25) is 0 Å². The van der Waals surface area contributed by atoms with Crippen molar-refractivity contribution in [2.75, 3.05) is 6.61 Å². The predicted octanol–water partition coefficient (Wildman–Crippen LogP) is 1.41. The molecule has 2 rings (SSSR count). The molecular weight excluding hydrogens is 240 g/mol. The Kier molecular flexibility index (Phi) is 3.59. The van der Waals surface area contributed by atoms with Gasteiger partial charge in [0.15, 0.2) is 0 Å². The summed E-state index contributed by atoms with van der Waals surface area (Å²) in [7, 11) is 0. The lowest BCUT2D eigenvalue weighted by molar-refractivity contribution is 0.263. The summed E-state index contributed by atoms with van der Waals surface area (Å²) in [5, 5.41) is 8.91. The van der Waals surface area contributed by atoms with Crippen molar-refractivity contribution in [3.63, 3.8) is 0 Å². The smallest absolute Gasteiger partial charge is 0.147 e. The maximum absolute atomic E-state index is 13.6. The van der Waals surface area contributed by atoms with Gasteiger partial charge < -0.3 is 10.8 Å². The van der Waals surface area contributed by atoms with Crippen molar-refractivity contribution < 1.29 is 13.9 Å². The Morgan fingerprint density at radius 2 is 2.06 bits per heavy atom. The molecule has 1 unspecified atom stereocenters. The lowest BCUT2D eigenvalue weighted by Gasteiger charge is -2.08. The third-order valence-corrected chi connectivity index (χ3v) is 2.41. The number of nitrogens with two attached hydrogens (primary N) is 1. The average Bonchev–Trinajstić information content (AvgIpc) is 2.38. The molecule has 0 spiro atoms. The molecule has 1 atom stereocenters. The summed E-state index contributed by atoms with van der Waals surface area (Å²) < 4.78 is 26.4. The van der Waals surface area contributed by atoms with E-state index >= 15 is 0 Å². The molecule has 1 aromatic heterocycles. The van der Waals surface area contributed by atoms with E-state index in [2.05, 4.69) is 9.97 Å². The van der Waals surface area contributed by atoms with Crippen LogP contribution in [-0.2, 0) is 0 Å². The molecular formula is C12H11F2N3O. The average molecular weight is 251 g/mol. The van der Waals surface area contributed by atoms with E-state index in [0.29, 0.717) is 5.69 Å². The fourth-order valence-electron chi connectivity index (χ4n) is 1.48. The van der Waals surface area contributed by atoms with E-state index in [4.69, 9.17) is 10.8 Å². The van der Waals surface area contributed by atoms with Crippen molar-refractivity contribution >= 4 is 0 Å². The number of halogens is 2. The Bertz CT molecular complexity index is 563. The number of benzene rings is 1. The third-order valence-electron chi connectivity index (χ3n) is 2.41. The minimum atomic E-state index is -0.728. The van der Waals surface area contributed by atoms with Crippen molar-refractivity contribution in [3.05, 3.63) is 47.9 Å². The third kappa shape index (κ3) is 2.49. The highest BCUT2D eigenvalue weighted by Crippen LogP contribution is 2.21. The summed E-state index contributed by atoms with van der Waals surface area (Å²) in [6.07, 6.45) is 1.41. The van der Waals surface area contributed by atoms with Gasteiger partial charge in [0, 0.05) is 17.8 Å². The van der Waals surface area contributed by atoms with Gasteiger partial charge in [-0.05, 0) is 18.2 Å². The highest BCUT2D eigenvalue weighted by Gasteiger charge is 2.12. The van der Waals surface area contributed by atoms with Crippen LogP contribution < -0.4 is 5.73 Å². The van der Waals surface area contributed by atoms with Gasteiger partial charge in [-0.2, -0.15) is 0 Å². The zero-order valence-electron chi connectivity index (χ0n) is 9.35. The molecule has 3 N–H and O–H groups in total. The molecule has 4 nitrogen and oxygen atoms in total. The molecule has 0 fully saturated rings. The fourth-order valence-corrected chi connectivity index (χ4v) is 1.48. The Balaban J connectivity index is 2.44. The van der Waals surface area contributed by atoms with Crippen molar-refractivity contribution in [1.82, 2.24) is 9.97 Å². The van der Waals surface area contributed by atoms with E-state index < -0.39 is 17.7 Å². The molecule has 0 aliphatic rings. The first kappa shape index (κ1) is 12.5. The molecule has 6 heteroatoms. The van der Waals surface area contributed by atoms with Gasteiger partial charge in [0.25, 0.3) is 0 Å². The molecule has 0 saturated heterocycles. The Hall–Kier alpha value is -1.92. The normalized spacial score (nSPS) is 12.4. The maximum atomic E-state index is 13.6. The molecule has 0 saturated carbocycles. The van der Waals surface area contributed by atoms with Gasteiger partial charge in [0.2, 0.25) is 0 Å². The molecule has 2 aromatic rings. The highest BCUT2D eigenvalue weighted by atomic mass is 19.1. The van der Waals surface area contributed by atoms with Crippen LogP contribution in [0.15, 0.2) is 30.5 Å². The topological polar surface area (TPSA) is 72.0 Å². The summed E-state index contributed by atoms with van der Waals surface area (Å²) in [5.41, 5.74) is 6.03. The Morgan fingerprint density at radius 1 is 1.28 bits per heavy atom. The summed E-state index contributed by atoms with van der Waals surface area (Å²) in [5.74, 6) is -1.16. The summed E-state index contributed by atoms with van der Waals surface area (Å²) in [6.45, 7) is -0.310. The SMILES string of the molecule is NC(CO)c1nccc(-c2ccc(F)cc2F)n1. The number of aliphatic hydroxyl groups is 1. The van der Waals surface area contributed by atoms with Gasteiger partial charge in [0.1, 0.15) is 17.5 Å². The fraction of sp³-hybridized carbons (Fsp3) is 0.167. The first-order chi connectivity index (χ1) is 8.61. The zero-order valence-corrected chi connectivity index (χ0v) is 9.35. The second-order valence-corrected chi connectivity index (χ2v) is 3.71. The van der Waals surface area contributed by atoms with Crippen molar-refractivity contribution in [1.29, 1.82) is 0 Å². The molecule has 1 aromatic carbocycles. The summed E-state index contributed by atoms with van der Waals surface area (Å²) >= 11 is 0. The molecule has 1 heterocycles. The van der Waals surface area contributed by atoms with Gasteiger partial charge in [-0.3, -0.25) is 0 Å². The van der Waals surface area contributed by atoms with Gasteiger partial charge in [0.05, 0.1) is 18.3 Å². The quantitative estimate of drug-likeness (QED) is 0.865. The Morgan fingerprint density at radius 3 is 2.72 bits per heavy atom. The Labute approximate surface area is 102 Å². The molecule has 0 amide bonds. The van der Waals surface area contributed by atoms with Gasteiger partial charge in [-0.15, -0.1) is 0 Å². The number of hydrogen-bond donors (Lipinski definition) is 2. The molecule has 0 aliphatic heterocycles. The second-order valence-electron chi connectivity index (χ2n) is 3.71. The molecule has 0 bridgehead atoms. The molecule has 0 radical (unpaired) electrons. The first-order valence-electron chi connectivity index (χ1n) is 5.26. The van der Waals surface area contributed by atoms with E-state index in [9.17, 15) is 8.78 Å². The molecule has 0 aliphatic carbocycles. The number of hydrogen-bond acceptors (Lipinski definition) is 4. The predicted molar refractivity (Wildman–Crippen MR) is 61.4 cm³/mol. The zero-order chi connectivity index (χ0) is 13.1. The first-order valence-corrected chi connectivity index (χ1v) is 5.26. The van der Waals surface area contributed by atoms with Crippen LogP contribution in [0.1, 0.15) is 11.9 Å². The number of aliphatic hydroxyl groups excluding tert-OH is 1. The van der Waals surface area contributed by atoms with Gasteiger partial charge in [-0.25, -0.2) is 18.7 Å². The molecule has 94 valence electrons. The van der Waals surface area contributed by atoms with Crippen LogP contribution >= 0.6 is 0 Å². The minimum Gasteiger partial charge on any atom is -0.394 e. The number of nitrogens with zero attached hydrogens (tertiary/aromatic N) is 2. The van der Waals surface area contributed by atoms with Crippen molar-refractivity contribution in [2.24, 2.45) is 5.73 Å². The van der Waals surface area contributed by atoms with Crippen LogP contribution in [0.5, 0.6) is 0 Å². The second kappa shape index (κ2) is 5.16. The highest BCUT2D eigenvalue weighted by molar-refractivity contribution is 5.59. The van der Waals surface area contributed by atoms with Crippen molar-refractivity contribution in [3.8, 4) is 11.3 Å². The summed E-state index contributed by atoms with van der Waals surface area (Å²) in [6, 6.07) is 3.98. The van der Waals surface area contributed by atoms with E-state index in [1.54, 1.807) is 0 Å². The largest absolute Gasteiger partial charge is 0.394 e. The van der Waals surface area contributed by atoms with Crippen LogP contribution in [0.4, 0.5) is 8.78 Å². The standard InChI is InChI=1S/C12H11F2N3O/c13-7-1-2-8(9(14)5-7)11-3-4-16-12(17-11)10(15)6-18/h1-5,10,18H,6,15H2. The number of aromatic nitrogens is 2. The number of rotatable bonds is 3. The van der Waals surface area contributed by atoms with E-state index in [1.165, 1.54) is 18.3 Å². The van der Waals surface area contributed by atoms with Crippen molar-refractivity contribution in [2.45, 2.75) is 6.04 Å². The molecule has 18 heavy (non-hydrogen) atoms. The maximum Gasteiger partial charge on any atom is 0.147 e. The monoisotopic (exact) mass is 251 g/mol. The van der Waals surface area contributed by atoms with Gasteiger partial charge >= 0.3 is 0 Å². The van der Waals surface area contributed by atoms with E-state index in [1.807, 2.05) is 0 Å². The lowest BCUT2D eigenvalue weighted by atomic mass is 10.1. The van der Waals surface area contributed by atoms with E-state index in [-0.39, 0.29) is 18.0 Å². The van der Waals surface area contributed by atoms with Crippen LogP contribution in [0, 0.1) is 11.6 Å². The summed E-state index contributed by atoms with van der Waals surface area (Å²) in [4.78, 5) is 7.94. The van der Waals surface area contributed by atoms with Crippen LogP contribution in [-0.4, -0.2) is 21.7 Å². The van der Waals surface area contributed by atoms with Crippen LogP contribution in [0.3, 0.4) is 0 Å². The van der Waals surface area contributed by atoms with Gasteiger partial charge in [-0.1, -0.05) is 0 Å².